The number of rotatable bonds is 6. The van der Waals surface area contributed by atoms with Crippen LogP contribution in [-0.2, 0) is 4.79 Å². The fraction of sp³-hybridized carbons (Fsp3) is 0.167. The maximum Gasteiger partial charge on any atom is 0.248 e. The first-order valence-electron chi connectivity index (χ1n) is 7.36. The number of benzene rings is 2. The summed E-state index contributed by atoms with van der Waals surface area (Å²) < 4.78 is 5.65. The van der Waals surface area contributed by atoms with E-state index >= 15 is 0 Å². The van der Waals surface area contributed by atoms with Crippen LogP contribution >= 0.6 is 34.8 Å². The van der Waals surface area contributed by atoms with Crippen molar-refractivity contribution in [2.24, 2.45) is 0 Å². The van der Waals surface area contributed by atoms with E-state index in [-0.39, 0.29) is 16.0 Å². The van der Waals surface area contributed by atoms with Crippen LogP contribution in [-0.4, -0.2) is 12.5 Å². The van der Waals surface area contributed by atoms with Crippen molar-refractivity contribution < 1.29 is 9.53 Å². The predicted octanol–water partition coefficient (Wildman–Crippen LogP) is 6.09. The van der Waals surface area contributed by atoms with Crippen molar-refractivity contribution in [3.05, 3.63) is 63.1 Å². The maximum atomic E-state index is 12.1. The third kappa shape index (κ3) is 5.17. The highest BCUT2D eigenvalue weighted by molar-refractivity contribution is 6.42. The van der Waals surface area contributed by atoms with Crippen molar-refractivity contribution in [1.82, 2.24) is 0 Å². The summed E-state index contributed by atoms with van der Waals surface area (Å²) >= 11 is 18.0. The summed E-state index contributed by atoms with van der Waals surface area (Å²) in [7, 11) is 0. The Balaban J connectivity index is 2.12. The van der Waals surface area contributed by atoms with Crippen LogP contribution in [0.2, 0.25) is 15.1 Å². The number of ether oxygens (including phenoxy) is 1. The number of nitrogens with one attached hydrogen (secondary N) is 1. The molecule has 3 nitrogen and oxygen atoms in total. The van der Waals surface area contributed by atoms with Gasteiger partial charge in [0.1, 0.15) is 5.75 Å². The lowest BCUT2D eigenvalue weighted by Gasteiger charge is -2.09. The average molecular weight is 385 g/mol. The normalized spacial score (nSPS) is 10.8. The van der Waals surface area contributed by atoms with Gasteiger partial charge in [-0.3, -0.25) is 4.79 Å². The molecule has 0 fully saturated rings. The third-order valence-electron chi connectivity index (χ3n) is 3.05. The Kier molecular flexibility index (Phi) is 6.98. The van der Waals surface area contributed by atoms with Gasteiger partial charge in [-0.15, -0.1) is 0 Å². The molecular formula is C18H16Cl3NO2. The molecule has 6 heteroatoms. The number of hydrogen-bond donors (Lipinski definition) is 1. The molecule has 2 aromatic carbocycles. The molecule has 0 aliphatic carbocycles. The van der Waals surface area contributed by atoms with Crippen LogP contribution in [0.15, 0.2) is 42.5 Å². The van der Waals surface area contributed by atoms with Crippen LogP contribution in [0, 0.1) is 0 Å². The largest absolute Gasteiger partial charge is 0.493 e. The number of anilines is 1. The molecule has 0 saturated carbocycles. The zero-order valence-electron chi connectivity index (χ0n) is 13.0. The lowest BCUT2D eigenvalue weighted by molar-refractivity contribution is -0.111. The van der Waals surface area contributed by atoms with Gasteiger partial charge in [-0.2, -0.15) is 0 Å². The Morgan fingerprint density at radius 1 is 1.17 bits per heavy atom. The summed E-state index contributed by atoms with van der Waals surface area (Å²) in [6, 6.07) is 10.5. The Morgan fingerprint density at radius 3 is 2.50 bits per heavy atom. The van der Waals surface area contributed by atoms with Gasteiger partial charge in [-0.1, -0.05) is 59.9 Å². The van der Waals surface area contributed by atoms with Crippen LogP contribution in [0.5, 0.6) is 5.75 Å². The van der Waals surface area contributed by atoms with Gasteiger partial charge in [0, 0.05) is 16.7 Å². The molecule has 126 valence electrons. The van der Waals surface area contributed by atoms with Gasteiger partial charge >= 0.3 is 0 Å². The summed E-state index contributed by atoms with van der Waals surface area (Å²) in [5, 5.41) is 3.61. The van der Waals surface area contributed by atoms with Crippen molar-refractivity contribution in [3.8, 4) is 5.75 Å². The van der Waals surface area contributed by atoms with Gasteiger partial charge < -0.3 is 10.1 Å². The van der Waals surface area contributed by atoms with Crippen molar-refractivity contribution in [2.75, 3.05) is 11.9 Å². The van der Waals surface area contributed by atoms with E-state index < -0.39 is 0 Å². The van der Waals surface area contributed by atoms with E-state index in [2.05, 4.69) is 5.32 Å². The quantitative estimate of drug-likeness (QED) is 0.612. The van der Waals surface area contributed by atoms with Crippen LogP contribution in [0.25, 0.3) is 6.08 Å². The molecule has 2 rings (SSSR count). The first kappa shape index (κ1) is 18.7. The Bertz CT molecular complexity index is 737. The van der Waals surface area contributed by atoms with E-state index in [1.54, 1.807) is 6.08 Å². The van der Waals surface area contributed by atoms with E-state index in [9.17, 15) is 4.79 Å². The Labute approximate surface area is 156 Å². The van der Waals surface area contributed by atoms with Crippen molar-refractivity contribution in [3.63, 3.8) is 0 Å². The van der Waals surface area contributed by atoms with Gasteiger partial charge in [0.2, 0.25) is 5.91 Å². The van der Waals surface area contributed by atoms with Gasteiger partial charge in [0.15, 0.2) is 0 Å². The molecule has 0 saturated heterocycles. The van der Waals surface area contributed by atoms with E-state index in [0.29, 0.717) is 17.3 Å². The fourth-order valence-electron chi connectivity index (χ4n) is 1.95. The molecule has 0 heterocycles. The van der Waals surface area contributed by atoms with Gasteiger partial charge in [-0.25, -0.2) is 0 Å². The summed E-state index contributed by atoms with van der Waals surface area (Å²) in [5.41, 5.74) is 1.14. The minimum absolute atomic E-state index is 0.279. The number of carbonyl (C=O) groups excluding carboxylic acids is 1. The summed E-state index contributed by atoms with van der Waals surface area (Å²) in [5.74, 6) is 0.373. The number of amides is 1. The summed E-state index contributed by atoms with van der Waals surface area (Å²) in [4.78, 5) is 12.1. The number of halogens is 3. The molecule has 0 radical (unpaired) electrons. The molecule has 0 unspecified atom stereocenters. The number of hydrogen-bond acceptors (Lipinski definition) is 2. The molecule has 1 N–H and O–H groups in total. The van der Waals surface area contributed by atoms with Gasteiger partial charge in [0.25, 0.3) is 0 Å². The number of carbonyl (C=O) groups is 1. The van der Waals surface area contributed by atoms with E-state index in [1.165, 1.54) is 18.2 Å². The van der Waals surface area contributed by atoms with E-state index in [1.807, 2.05) is 31.2 Å². The molecule has 0 spiro atoms. The minimum Gasteiger partial charge on any atom is -0.493 e. The minimum atomic E-state index is -0.355. The van der Waals surface area contributed by atoms with Crippen LogP contribution in [0.1, 0.15) is 18.9 Å². The summed E-state index contributed by atoms with van der Waals surface area (Å²) in [6.45, 7) is 2.65. The highest BCUT2D eigenvalue weighted by Gasteiger charge is 2.10. The Morgan fingerprint density at radius 2 is 1.83 bits per heavy atom. The predicted molar refractivity (Wildman–Crippen MR) is 101 cm³/mol. The third-order valence-corrected chi connectivity index (χ3v) is 3.86. The first-order chi connectivity index (χ1) is 11.5. The monoisotopic (exact) mass is 383 g/mol. The topological polar surface area (TPSA) is 38.3 Å². The van der Waals surface area contributed by atoms with Gasteiger partial charge in [0.05, 0.1) is 22.3 Å². The van der Waals surface area contributed by atoms with Crippen molar-refractivity contribution >= 4 is 52.5 Å². The zero-order valence-corrected chi connectivity index (χ0v) is 15.3. The van der Waals surface area contributed by atoms with Crippen molar-refractivity contribution in [1.29, 1.82) is 0 Å². The molecule has 0 bridgehead atoms. The smallest absolute Gasteiger partial charge is 0.248 e. The molecule has 0 aromatic heterocycles. The SMILES string of the molecule is CCCOc1ccccc1/C=C/C(=O)Nc1c(Cl)cc(Cl)cc1Cl. The second-order valence-electron chi connectivity index (χ2n) is 4.95. The fourth-order valence-corrected chi connectivity index (χ4v) is 2.87. The second kappa shape index (κ2) is 8.97. The molecule has 0 aliphatic heterocycles. The maximum absolute atomic E-state index is 12.1. The zero-order chi connectivity index (χ0) is 17.5. The van der Waals surface area contributed by atoms with Crippen LogP contribution in [0.3, 0.4) is 0 Å². The lowest BCUT2D eigenvalue weighted by Crippen LogP contribution is -2.08. The lowest BCUT2D eigenvalue weighted by atomic mass is 10.2. The van der Waals surface area contributed by atoms with Crippen LogP contribution < -0.4 is 10.1 Å². The molecule has 0 aliphatic rings. The van der Waals surface area contributed by atoms with E-state index in [4.69, 9.17) is 39.5 Å². The molecular weight excluding hydrogens is 369 g/mol. The summed E-state index contributed by atoms with van der Waals surface area (Å²) in [6.07, 6.45) is 3.99. The highest BCUT2D eigenvalue weighted by atomic mass is 35.5. The van der Waals surface area contributed by atoms with E-state index in [0.717, 1.165) is 17.7 Å². The van der Waals surface area contributed by atoms with Crippen LogP contribution in [0.4, 0.5) is 5.69 Å². The molecule has 0 atom stereocenters. The van der Waals surface area contributed by atoms with Gasteiger partial charge in [-0.05, 0) is 30.7 Å². The molecule has 24 heavy (non-hydrogen) atoms. The molecule has 2 aromatic rings. The Hall–Kier alpha value is -1.68. The second-order valence-corrected chi connectivity index (χ2v) is 6.20. The molecule has 1 amide bonds. The number of para-hydroxylation sites is 1. The highest BCUT2D eigenvalue weighted by Crippen LogP contribution is 2.33. The van der Waals surface area contributed by atoms with Crippen molar-refractivity contribution in [2.45, 2.75) is 13.3 Å². The standard InChI is InChI=1S/C18H16Cl3NO2/c1-2-9-24-16-6-4-3-5-12(16)7-8-17(23)22-18-14(20)10-13(19)11-15(18)21/h3-8,10-11H,2,9H2,1H3,(H,22,23)/b8-7+. The first-order valence-corrected chi connectivity index (χ1v) is 8.50. The average Bonchev–Trinajstić information content (AvgIpc) is 2.55.